The van der Waals surface area contributed by atoms with Crippen LogP contribution in [0.5, 0.6) is 0 Å². The van der Waals surface area contributed by atoms with E-state index in [9.17, 15) is 9.59 Å². The molecule has 0 unspecified atom stereocenters. The smallest absolute Gasteiger partial charge is 0.280 e. The number of nitrogens with one attached hydrogen (secondary N) is 1. The average Bonchev–Trinajstić information content (AvgIpc) is 3.40. The number of halogens is 2. The first-order valence-electron chi connectivity index (χ1n) is 11.3. The van der Waals surface area contributed by atoms with Gasteiger partial charge in [-0.15, -0.1) is 0 Å². The van der Waals surface area contributed by atoms with Gasteiger partial charge in [0, 0.05) is 37.4 Å². The predicted octanol–water partition coefficient (Wildman–Crippen LogP) is 4.20. The van der Waals surface area contributed by atoms with Gasteiger partial charge in [-0.1, -0.05) is 53.5 Å². The third-order valence-electron chi connectivity index (χ3n) is 6.07. The van der Waals surface area contributed by atoms with Crippen LogP contribution < -0.4 is 11.1 Å². The zero-order valence-electron chi connectivity index (χ0n) is 19.8. The second kappa shape index (κ2) is 9.81. The summed E-state index contributed by atoms with van der Waals surface area (Å²) in [5.41, 5.74) is 2.70. The Bertz CT molecular complexity index is 1680. The maximum absolute atomic E-state index is 13.7. The molecular formula is C26H24Cl2N6O2. The number of H-pyrrole nitrogens is 1. The van der Waals surface area contributed by atoms with Crippen LogP contribution in [-0.2, 0) is 26.7 Å². The number of pyridine rings is 1. The third-order valence-corrected chi connectivity index (χ3v) is 6.76. The van der Waals surface area contributed by atoms with Gasteiger partial charge in [0.05, 0.1) is 39.5 Å². The molecule has 0 radical (unpaired) electrons. The Hall–Kier alpha value is -3.59. The second-order valence-corrected chi connectivity index (χ2v) is 9.57. The van der Waals surface area contributed by atoms with E-state index >= 15 is 0 Å². The quantitative estimate of drug-likeness (QED) is 0.347. The van der Waals surface area contributed by atoms with E-state index in [2.05, 4.69) is 10.2 Å². The molecule has 0 saturated heterocycles. The number of benzene rings is 2. The molecule has 36 heavy (non-hydrogen) atoms. The van der Waals surface area contributed by atoms with Crippen LogP contribution in [0.2, 0.25) is 10.0 Å². The van der Waals surface area contributed by atoms with E-state index in [1.54, 1.807) is 33.5 Å². The number of fused-ring (bicyclic) bond motifs is 1. The van der Waals surface area contributed by atoms with Crippen molar-refractivity contribution in [2.75, 3.05) is 7.05 Å². The van der Waals surface area contributed by atoms with E-state index < -0.39 is 0 Å². The molecular weight excluding hydrogens is 499 g/mol. The summed E-state index contributed by atoms with van der Waals surface area (Å²) in [5.74, 6) is 0. The molecule has 0 aliphatic rings. The number of hydrogen-bond acceptors (Lipinski definition) is 4. The summed E-state index contributed by atoms with van der Waals surface area (Å²) in [5, 5.41) is 9.02. The normalized spacial score (nSPS) is 11.6. The lowest BCUT2D eigenvalue weighted by Crippen LogP contribution is -2.29. The van der Waals surface area contributed by atoms with Crippen molar-refractivity contribution in [2.45, 2.75) is 19.6 Å². The van der Waals surface area contributed by atoms with Crippen molar-refractivity contribution in [3.63, 3.8) is 0 Å². The molecule has 3 heterocycles. The minimum atomic E-state index is -0.283. The van der Waals surface area contributed by atoms with Gasteiger partial charge < -0.3 is 4.57 Å². The van der Waals surface area contributed by atoms with E-state index in [0.29, 0.717) is 45.4 Å². The number of hydrogen-bond donors (Lipinski definition) is 1. The van der Waals surface area contributed by atoms with E-state index in [-0.39, 0.29) is 17.7 Å². The molecule has 8 nitrogen and oxygen atoms in total. The summed E-state index contributed by atoms with van der Waals surface area (Å²) in [4.78, 5) is 29.1. The topological polar surface area (TPSA) is 80.9 Å². The summed E-state index contributed by atoms with van der Waals surface area (Å²) < 4.78 is 4.68. The SMILES string of the molecule is CN(Cc1ccccc1Cl)Cc1c2c(=O)n(-c3ccccc3Cl)[nH]c2cc(=O)n1Cc1ccn(C)n1. The van der Waals surface area contributed by atoms with Crippen LogP contribution in [0.15, 0.2) is 76.4 Å². The van der Waals surface area contributed by atoms with Crippen molar-refractivity contribution in [3.05, 3.63) is 115 Å². The highest BCUT2D eigenvalue weighted by atomic mass is 35.5. The minimum absolute atomic E-state index is 0.234. The maximum Gasteiger partial charge on any atom is 0.280 e. The van der Waals surface area contributed by atoms with Gasteiger partial charge >= 0.3 is 0 Å². The molecule has 0 aliphatic carbocycles. The Morgan fingerprint density at radius 3 is 2.39 bits per heavy atom. The van der Waals surface area contributed by atoms with E-state index in [0.717, 1.165) is 11.3 Å². The number of aryl methyl sites for hydroxylation is 1. The predicted molar refractivity (Wildman–Crippen MR) is 142 cm³/mol. The lowest BCUT2D eigenvalue weighted by molar-refractivity contribution is 0.310. The van der Waals surface area contributed by atoms with Crippen LogP contribution in [-0.4, -0.2) is 36.1 Å². The number of rotatable bonds is 7. The first kappa shape index (κ1) is 24.1. The van der Waals surface area contributed by atoms with Gasteiger partial charge in [-0.25, -0.2) is 4.68 Å². The van der Waals surface area contributed by atoms with Crippen molar-refractivity contribution in [1.82, 2.24) is 29.0 Å². The molecule has 0 bridgehead atoms. The molecule has 0 amide bonds. The highest BCUT2D eigenvalue weighted by Gasteiger charge is 2.21. The van der Waals surface area contributed by atoms with Gasteiger partial charge in [0.25, 0.3) is 11.1 Å². The van der Waals surface area contributed by atoms with Gasteiger partial charge in [-0.05, 0) is 36.9 Å². The first-order valence-corrected chi connectivity index (χ1v) is 12.1. The summed E-state index contributed by atoms with van der Waals surface area (Å²) in [6.07, 6.45) is 1.82. The lowest BCUT2D eigenvalue weighted by atomic mass is 10.1. The van der Waals surface area contributed by atoms with Gasteiger partial charge in [0.15, 0.2) is 0 Å². The molecule has 5 rings (SSSR count). The highest BCUT2D eigenvalue weighted by molar-refractivity contribution is 6.32. The van der Waals surface area contributed by atoms with Crippen molar-refractivity contribution in [1.29, 1.82) is 0 Å². The second-order valence-electron chi connectivity index (χ2n) is 8.75. The van der Waals surface area contributed by atoms with Crippen LogP contribution in [0.1, 0.15) is 17.0 Å². The monoisotopic (exact) mass is 522 g/mol. The van der Waals surface area contributed by atoms with Crippen molar-refractivity contribution >= 4 is 34.1 Å². The minimum Gasteiger partial charge on any atom is -0.304 e. The summed E-state index contributed by atoms with van der Waals surface area (Å²) in [7, 11) is 3.75. The fraction of sp³-hybridized carbons (Fsp3) is 0.192. The van der Waals surface area contributed by atoms with Gasteiger partial charge in [0.1, 0.15) is 0 Å². The first-order chi connectivity index (χ1) is 17.3. The Morgan fingerprint density at radius 2 is 1.69 bits per heavy atom. The van der Waals surface area contributed by atoms with Crippen LogP contribution in [0.3, 0.4) is 0 Å². The van der Waals surface area contributed by atoms with E-state index in [4.69, 9.17) is 23.2 Å². The van der Waals surface area contributed by atoms with Gasteiger partial charge in [-0.3, -0.25) is 24.3 Å². The molecule has 0 aliphatic heterocycles. The third kappa shape index (κ3) is 4.63. The van der Waals surface area contributed by atoms with Crippen molar-refractivity contribution < 1.29 is 0 Å². The largest absolute Gasteiger partial charge is 0.304 e. The zero-order chi connectivity index (χ0) is 25.4. The Balaban J connectivity index is 1.66. The number of para-hydroxylation sites is 1. The molecule has 184 valence electrons. The van der Waals surface area contributed by atoms with Crippen LogP contribution in [0.25, 0.3) is 16.6 Å². The van der Waals surface area contributed by atoms with Crippen molar-refractivity contribution in [3.8, 4) is 5.69 Å². The lowest BCUT2D eigenvalue weighted by Gasteiger charge is -2.21. The standard InChI is InChI=1S/C26H24Cl2N6O2/c1-31(14-17-7-3-4-8-19(17)27)16-23-25-21(13-24(35)33(23)15-18-11-12-32(2)29-18)30-34(26(25)36)22-10-6-5-9-20(22)28/h3-13,30H,14-16H2,1-2H3. The molecule has 2 aromatic carbocycles. The molecule has 1 N–H and O–H groups in total. The maximum atomic E-state index is 13.7. The highest BCUT2D eigenvalue weighted by Crippen LogP contribution is 2.22. The molecule has 0 fully saturated rings. The molecule has 0 saturated carbocycles. The summed E-state index contributed by atoms with van der Waals surface area (Å²) in [6.45, 7) is 1.11. The van der Waals surface area contributed by atoms with Crippen LogP contribution in [0.4, 0.5) is 0 Å². The van der Waals surface area contributed by atoms with E-state index in [1.165, 1.54) is 10.7 Å². The van der Waals surface area contributed by atoms with E-state index in [1.807, 2.05) is 55.5 Å². The fourth-order valence-corrected chi connectivity index (χ4v) is 4.80. The molecule has 0 atom stereocenters. The number of aromatic amines is 1. The average molecular weight is 523 g/mol. The molecule has 3 aromatic heterocycles. The molecule has 10 heteroatoms. The summed E-state index contributed by atoms with van der Waals surface area (Å²) in [6, 6.07) is 18.0. The zero-order valence-corrected chi connectivity index (χ0v) is 21.3. The fourth-order valence-electron chi connectivity index (χ4n) is 4.39. The van der Waals surface area contributed by atoms with Crippen molar-refractivity contribution in [2.24, 2.45) is 7.05 Å². The summed E-state index contributed by atoms with van der Waals surface area (Å²) >= 11 is 12.8. The van der Waals surface area contributed by atoms with Gasteiger partial charge in [-0.2, -0.15) is 5.10 Å². The van der Waals surface area contributed by atoms with Crippen LogP contribution >= 0.6 is 23.2 Å². The van der Waals surface area contributed by atoms with Crippen LogP contribution in [0, 0.1) is 0 Å². The Morgan fingerprint density at radius 1 is 0.972 bits per heavy atom. The number of nitrogens with zero attached hydrogens (tertiary/aromatic N) is 5. The molecule has 0 spiro atoms. The Kier molecular flexibility index (Phi) is 6.57. The number of aromatic nitrogens is 5. The Labute approximate surface area is 216 Å². The molecule has 5 aromatic rings. The van der Waals surface area contributed by atoms with Gasteiger partial charge in [0.2, 0.25) is 0 Å².